The highest BCUT2D eigenvalue weighted by Gasteiger charge is 1.94. The second-order valence-electron chi connectivity index (χ2n) is 2.80. The second-order valence-corrected chi connectivity index (χ2v) is 3.80. The molecule has 1 aromatic heterocycles. The van der Waals surface area contributed by atoms with Crippen LogP contribution in [0.4, 0.5) is 0 Å². The minimum absolute atomic E-state index is 0.787. The lowest BCUT2D eigenvalue weighted by atomic mass is 10.3. The molecule has 0 aromatic carbocycles. The third kappa shape index (κ3) is 6.88. The summed E-state index contributed by atoms with van der Waals surface area (Å²) in [4.78, 5) is 0. The molecule has 0 aliphatic carbocycles. The Morgan fingerprint density at radius 1 is 1.43 bits per heavy atom. The SMILES string of the molecule is CO.[SiH3]CCCOCCc1ccco1. The van der Waals surface area contributed by atoms with E-state index in [-0.39, 0.29) is 0 Å². The van der Waals surface area contributed by atoms with E-state index >= 15 is 0 Å². The van der Waals surface area contributed by atoms with Gasteiger partial charge in [-0.05, 0) is 18.6 Å². The number of rotatable bonds is 6. The zero-order valence-corrected chi connectivity index (χ0v) is 11.0. The second kappa shape index (κ2) is 10.5. The molecule has 0 aliphatic heterocycles. The standard InChI is InChI=1S/C9H16O2Si.CH4O/c12-8-2-5-10-7-4-9-3-1-6-11-9;1-2/h1,3,6H,2,4-5,7-8H2,12H3;2H,1H3. The molecule has 0 amide bonds. The van der Waals surface area contributed by atoms with Crippen molar-refractivity contribution in [1.82, 2.24) is 0 Å². The summed E-state index contributed by atoms with van der Waals surface area (Å²) in [5.74, 6) is 1.01. The van der Waals surface area contributed by atoms with Crippen molar-refractivity contribution >= 4 is 10.2 Å². The summed E-state index contributed by atoms with van der Waals surface area (Å²) in [5.41, 5.74) is 0. The molecule has 0 atom stereocenters. The fourth-order valence-electron chi connectivity index (χ4n) is 0.976. The summed E-state index contributed by atoms with van der Waals surface area (Å²) in [6.45, 7) is 1.69. The lowest BCUT2D eigenvalue weighted by Crippen LogP contribution is -1.99. The summed E-state index contributed by atoms with van der Waals surface area (Å²) in [5, 5.41) is 7.00. The predicted octanol–water partition coefficient (Wildman–Crippen LogP) is 0.621. The quantitative estimate of drug-likeness (QED) is 0.560. The van der Waals surface area contributed by atoms with Gasteiger partial charge in [-0.15, -0.1) is 0 Å². The Morgan fingerprint density at radius 3 is 2.79 bits per heavy atom. The van der Waals surface area contributed by atoms with Crippen molar-refractivity contribution < 1.29 is 14.3 Å². The maximum absolute atomic E-state index is 7.00. The molecule has 3 nitrogen and oxygen atoms in total. The molecule has 0 saturated heterocycles. The molecule has 4 heteroatoms. The monoisotopic (exact) mass is 216 g/mol. The maximum Gasteiger partial charge on any atom is 0.106 e. The Morgan fingerprint density at radius 2 is 2.21 bits per heavy atom. The molecule has 1 aromatic rings. The Hall–Kier alpha value is -0.583. The number of aliphatic hydroxyl groups is 1. The van der Waals surface area contributed by atoms with Crippen molar-refractivity contribution in [3.05, 3.63) is 24.2 Å². The Kier molecular flexibility index (Phi) is 10.1. The predicted molar refractivity (Wildman–Crippen MR) is 60.7 cm³/mol. The van der Waals surface area contributed by atoms with E-state index in [2.05, 4.69) is 0 Å². The van der Waals surface area contributed by atoms with Crippen LogP contribution in [0.1, 0.15) is 12.2 Å². The van der Waals surface area contributed by atoms with Crippen LogP contribution in [0.3, 0.4) is 0 Å². The number of hydrogen-bond acceptors (Lipinski definition) is 3. The molecule has 0 unspecified atom stereocenters. The first-order valence-corrected chi connectivity index (χ1v) is 6.39. The molecule has 1 N–H and O–H groups in total. The third-order valence-corrected chi connectivity index (χ3v) is 2.42. The van der Waals surface area contributed by atoms with Crippen molar-refractivity contribution in [2.45, 2.75) is 18.9 Å². The van der Waals surface area contributed by atoms with Crippen molar-refractivity contribution in [3.63, 3.8) is 0 Å². The molecule has 0 bridgehead atoms. The molecule has 0 saturated carbocycles. The van der Waals surface area contributed by atoms with Gasteiger partial charge in [-0.1, -0.05) is 6.04 Å². The third-order valence-electron chi connectivity index (χ3n) is 1.72. The lowest BCUT2D eigenvalue weighted by Gasteiger charge is -2.00. The Balaban J connectivity index is 0.000000791. The molecule has 82 valence electrons. The molecule has 0 fully saturated rings. The topological polar surface area (TPSA) is 42.6 Å². The van der Waals surface area contributed by atoms with Gasteiger partial charge in [-0.2, -0.15) is 0 Å². The highest BCUT2D eigenvalue weighted by molar-refractivity contribution is 6.08. The fraction of sp³-hybridized carbons (Fsp3) is 0.600. The zero-order chi connectivity index (χ0) is 10.6. The number of ether oxygens (including phenoxy) is 1. The first kappa shape index (κ1) is 13.4. The van der Waals surface area contributed by atoms with Gasteiger partial charge in [0.1, 0.15) is 5.76 Å². The van der Waals surface area contributed by atoms with Crippen LogP contribution in [0.25, 0.3) is 0 Å². The molecule has 0 aliphatic rings. The molecule has 1 rings (SSSR count). The first-order valence-electron chi connectivity index (χ1n) is 4.98. The molecule has 1 heterocycles. The van der Waals surface area contributed by atoms with Crippen LogP contribution in [0.15, 0.2) is 22.8 Å². The zero-order valence-electron chi connectivity index (χ0n) is 9.03. The van der Waals surface area contributed by atoms with Crippen molar-refractivity contribution in [1.29, 1.82) is 0 Å². The van der Waals surface area contributed by atoms with Gasteiger partial charge < -0.3 is 14.3 Å². The highest BCUT2D eigenvalue weighted by atomic mass is 28.1. The number of aliphatic hydroxyl groups excluding tert-OH is 1. The smallest absolute Gasteiger partial charge is 0.106 e. The average Bonchev–Trinajstić information content (AvgIpc) is 2.74. The largest absolute Gasteiger partial charge is 0.469 e. The van der Waals surface area contributed by atoms with Crippen LogP contribution in [-0.4, -0.2) is 35.7 Å². The van der Waals surface area contributed by atoms with Crippen molar-refractivity contribution in [2.24, 2.45) is 0 Å². The molecule has 14 heavy (non-hydrogen) atoms. The molecular weight excluding hydrogens is 196 g/mol. The lowest BCUT2D eigenvalue weighted by molar-refractivity contribution is 0.134. The van der Waals surface area contributed by atoms with Gasteiger partial charge in [0, 0.05) is 30.4 Å². The fourth-order valence-corrected chi connectivity index (χ4v) is 1.26. The maximum atomic E-state index is 7.00. The summed E-state index contributed by atoms with van der Waals surface area (Å²) < 4.78 is 10.6. The van der Waals surface area contributed by atoms with Gasteiger partial charge in [-0.3, -0.25) is 0 Å². The minimum atomic E-state index is 0.787. The van der Waals surface area contributed by atoms with Crippen LogP contribution in [0, 0.1) is 0 Å². The summed E-state index contributed by atoms with van der Waals surface area (Å²) in [6.07, 6.45) is 3.81. The van der Waals surface area contributed by atoms with Crippen LogP contribution in [0.5, 0.6) is 0 Å². The first-order chi connectivity index (χ1) is 6.93. The summed E-state index contributed by atoms with van der Waals surface area (Å²) >= 11 is 0. The van der Waals surface area contributed by atoms with Gasteiger partial charge in [0.05, 0.1) is 12.9 Å². The van der Waals surface area contributed by atoms with Crippen molar-refractivity contribution in [2.75, 3.05) is 20.3 Å². The van der Waals surface area contributed by atoms with Gasteiger partial charge in [0.2, 0.25) is 0 Å². The number of furan rings is 1. The van der Waals surface area contributed by atoms with Gasteiger partial charge in [-0.25, -0.2) is 0 Å². The van der Waals surface area contributed by atoms with E-state index in [0.29, 0.717) is 0 Å². The van der Waals surface area contributed by atoms with Crippen LogP contribution in [-0.2, 0) is 11.2 Å². The minimum Gasteiger partial charge on any atom is -0.469 e. The van der Waals surface area contributed by atoms with E-state index in [0.717, 1.165) is 32.5 Å². The van der Waals surface area contributed by atoms with Crippen LogP contribution < -0.4 is 0 Å². The summed E-state index contributed by atoms with van der Waals surface area (Å²) in [7, 11) is 2.29. The van der Waals surface area contributed by atoms with E-state index in [1.54, 1.807) is 6.26 Å². The van der Waals surface area contributed by atoms with E-state index in [4.69, 9.17) is 14.3 Å². The van der Waals surface area contributed by atoms with E-state index in [1.807, 2.05) is 12.1 Å². The van der Waals surface area contributed by atoms with Gasteiger partial charge in [0.25, 0.3) is 0 Å². The van der Waals surface area contributed by atoms with Crippen LogP contribution >= 0.6 is 0 Å². The van der Waals surface area contributed by atoms with Gasteiger partial charge >= 0.3 is 0 Å². The Labute approximate surface area is 88.5 Å². The van der Waals surface area contributed by atoms with E-state index in [1.165, 1.54) is 22.7 Å². The highest BCUT2D eigenvalue weighted by Crippen LogP contribution is 2.00. The molecular formula is C10H20O3Si. The normalized spacial score (nSPS) is 9.57. The van der Waals surface area contributed by atoms with Gasteiger partial charge in [0.15, 0.2) is 0 Å². The molecule has 0 spiro atoms. The summed E-state index contributed by atoms with van der Waals surface area (Å²) in [6, 6.07) is 5.23. The average molecular weight is 216 g/mol. The van der Waals surface area contributed by atoms with Crippen molar-refractivity contribution in [3.8, 4) is 0 Å². The van der Waals surface area contributed by atoms with E-state index in [9.17, 15) is 0 Å². The van der Waals surface area contributed by atoms with E-state index < -0.39 is 0 Å². The molecule has 0 radical (unpaired) electrons. The number of hydrogen-bond donors (Lipinski definition) is 1. The van der Waals surface area contributed by atoms with Crippen LogP contribution in [0.2, 0.25) is 6.04 Å². The Bertz CT molecular complexity index is 187.